The van der Waals surface area contributed by atoms with Gasteiger partial charge in [-0.3, -0.25) is 0 Å². The lowest BCUT2D eigenvalue weighted by molar-refractivity contribution is 0.182. The summed E-state index contributed by atoms with van der Waals surface area (Å²) in [6.07, 6.45) is 0. The highest BCUT2D eigenvalue weighted by molar-refractivity contribution is 4.53. The van der Waals surface area contributed by atoms with Crippen LogP contribution in [-0.4, -0.2) is 36.8 Å². The van der Waals surface area contributed by atoms with Crippen LogP contribution >= 0.6 is 0 Å². The zero-order chi connectivity index (χ0) is 5.86. The molecule has 2 nitrogen and oxygen atoms in total. The van der Waals surface area contributed by atoms with Gasteiger partial charge in [-0.05, 0) is 21.0 Å². The van der Waals surface area contributed by atoms with E-state index in [9.17, 15) is 0 Å². The third-order valence-electron chi connectivity index (χ3n) is 1.15. The quantitative estimate of drug-likeness (QED) is 0.529. The molecule has 0 aromatic carbocycles. The summed E-state index contributed by atoms with van der Waals surface area (Å²) in [6.45, 7) is 2.22. The lowest BCUT2D eigenvalue weighted by Crippen LogP contribution is -2.27. The first-order chi connectivity index (χ1) is 3.18. The minimum absolute atomic E-state index is 0.243. The van der Waals surface area contributed by atoms with Gasteiger partial charge >= 0.3 is 0 Å². The Labute approximate surface area is 44.8 Å². The smallest absolute Gasteiger partial charge is 0.0583 e. The molecule has 0 aliphatic heterocycles. The fourth-order valence-electron chi connectivity index (χ4n) is 0.163. The van der Waals surface area contributed by atoms with E-state index in [1.54, 1.807) is 0 Å². The summed E-state index contributed by atoms with van der Waals surface area (Å²) in [5, 5.41) is 8.46. The van der Waals surface area contributed by atoms with Gasteiger partial charge in [0, 0.05) is 6.04 Å². The Morgan fingerprint density at radius 3 is 2.00 bits per heavy atom. The van der Waals surface area contributed by atoms with Crippen molar-refractivity contribution in [2.24, 2.45) is 0 Å². The van der Waals surface area contributed by atoms with E-state index in [0.717, 1.165) is 0 Å². The van der Waals surface area contributed by atoms with Gasteiger partial charge in [-0.25, -0.2) is 0 Å². The van der Waals surface area contributed by atoms with Crippen molar-refractivity contribution >= 4 is 0 Å². The lowest BCUT2D eigenvalue weighted by atomic mass is 10.3. The Hall–Kier alpha value is -0.0800. The van der Waals surface area contributed by atoms with Crippen molar-refractivity contribution in [3.63, 3.8) is 0 Å². The molecule has 0 aliphatic rings. The molecule has 0 amide bonds. The molecule has 1 atom stereocenters. The van der Waals surface area contributed by atoms with Crippen LogP contribution in [0.25, 0.3) is 0 Å². The monoisotopic (exact) mass is 103 g/mol. The van der Waals surface area contributed by atoms with E-state index in [1.165, 1.54) is 0 Å². The maximum atomic E-state index is 8.46. The van der Waals surface area contributed by atoms with Crippen LogP contribution in [-0.2, 0) is 0 Å². The largest absolute Gasteiger partial charge is 0.395 e. The van der Waals surface area contributed by atoms with Crippen molar-refractivity contribution < 1.29 is 5.11 Å². The third kappa shape index (κ3) is 2.60. The van der Waals surface area contributed by atoms with E-state index in [4.69, 9.17) is 5.11 Å². The van der Waals surface area contributed by atoms with E-state index in [2.05, 4.69) is 0 Å². The fourth-order valence-corrected chi connectivity index (χ4v) is 0.163. The second-order valence-electron chi connectivity index (χ2n) is 2.00. The summed E-state index contributed by atoms with van der Waals surface area (Å²) in [7, 11) is 3.89. The molecule has 7 heavy (non-hydrogen) atoms. The molecule has 1 N–H and O–H groups in total. The molecular formula is C5H13NO. The van der Waals surface area contributed by atoms with E-state index in [0.29, 0.717) is 6.04 Å². The first-order valence-corrected chi connectivity index (χ1v) is 2.45. The van der Waals surface area contributed by atoms with Crippen molar-refractivity contribution in [2.45, 2.75) is 13.0 Å². The standard InChI is InChI=1S/C5H13NO/c1-5(4-7)6(2)3/h5,7H,4H2,1-3H3. The zero-order valence-electron chi connectivity index (χ0n) is 5.18. The van der Waals surface area contributed by atoms with Crippen molar-refractivity contribution in [3.05, 3.63) is 0 Å². The summed E-state index contributed by atoms with van der Waals surface area (Å²) >= 11 is 0. The second kappa shape index (κ2) is 2.99. The van der Waals surface area contributed by atoms with Crippen LogP contribution in [0, 0.1) is 0 Å². The second-order valence-corrected chi connectivity index (χ2v) is 2.00. The van der Waals surface area contributed by atoms with Crippen LogP contribution in [0.4, 0.5) is 0 Å². The molecular weight excluding hydrogens is 90.1 g/mol. The van der Waals surface area contributed by atoms with Crippen LogP contribution in [0.5, 0.6) is 0 Å². The third-order valence-corrected chi connectivity index (χ3v) is 1.15. The Balaban J connectivity index is 3.14. The first-order valence-electron chi connectivity index (χ1n) is 2.45. The van der Waals surface area contributed by atoms with Crippen molar-refractivity contribution in [3.8, 4) is 0 Å². The molecule has 0 saturated carbocycles. The van der Waals surface area contributed by atoms with Gasteiger partial charge in [0.1, 0.15) is 0 Å². The Morgan fingerprint density at radius 2 is 2.00 bits per heavy atom. The van der Waals surface area contributed by atoms with Gasteiger partial charge in [0.15, 0.2) is 0 Å². The SMILES string of the molecule is CC(CO)N(C)C. The molecule has 0 heterocycles. The van der Waals surface area contributed by atoms with Gasteiger partial charge < -0.3 is 10.0 Å². The van der Waals surface area contributed by atoms with Gasteiger partial charge in [0.25, 0.3) is 0 Å². The van der Waals surface area contributed by atoms with Crippen LogP contribution in [0.2, 0.25) is 0 Å². The number of aliphatic hydroxyl groups excluding tert-OH is 1. The topological polar surface area (TPSA) is 23.5 Å². The summed E-state index contributed by atoms with van der Waals surface area (Å²) in [5.74, 6) is 0. The molecule has 0 radical (unpaired) electrons. The molecule has 0 bridgehead atoms. The van der Waals surface area contributed by atoms with Gasteiger partial charge in [-0.15, -0.1) is 0 Å². The highest BCUT2D eigenvalue weighted by atomic mass is 16.3. The van der Waals surface area contributed by atoms with Crippen molar-refractivity contribution in [2.75, 3.05) is 20.7 Å². The summed E-state index contributed by atoms with van der Waals surface area (Å²) in [4.78, 5) is 1.97. The van der Waals surface area contributed by atoms with Crippen LogP contribution < -0.4 is 0 Å². The predicted molar refractivity (Wildman–Crippen MR) is 30.2 cm³/mol. The predicted octanol–water partition coefficient (Wildman–Crippen LogP) is -0.0712. The molecule has 0 rings (SSSR count). The Bertz CT molecular complexity index is 45.3. The van der Waals surface area contributed by atoms with E-state index in [1.807, 2.05) is 25.9 Å². The number of likely N-dealkylation sites (N-methyl/N-ethyl adjacent to an activating group) is 1. The average Bonchev–Trinajstić information content (AvgIpc) is 1.65. The number of nitrogens with zero attached hydrogens (tertiary/aromatic N) is 1. The minimum Gasteiger partial charge on any atom is -0.395 e. The van der Waals surface area contributed by atoms with Crippen LogP contribution in [0.15, 0.2) is 0 Å². The van der Waals surface area contributed by atoms with Crippen LogP contribution in [0.3, 0.4) is 0 Å². The highest BCUT2D eigenvalue weighted by Crippen LogP contribution is 1.85. The van der Waals surface area contributed by atoms with Gasteiger partial charge in [-0.1, -0.05) is 0 Å². The van der Waals surface area contributed by atoms with E-state index >= 15 is 0 Å². The Kier molecular flexibility index (Phi) is 2.96. The number of rotatable bonds is 2. The molecule has 0 fully saturated rings. The number of hydrogen-bond acceptors (Lipinski definition) is 2. The maximum Gasteiger partial charge on any atom is 0.0583 e. The van der Waals surface area contributed by atoms with E-state index in [-0.39, 0.29) is 6.61 Å². The molecule has 44 valence electrons. The lowest BCUT2D eigenvalue weighted by Gasteiger charge is -2.15. The highest BCUT2D eigenvalue weighted by Gasteiger charge is 1.98. The van der Waals surface area contributed by atoms with Gasteiger partial charge in [0.05, 0.1) is 6.61 Å². The molecule has 0 aliphatic carbocycles. The molecule has 0 saturated heterocycles. The van der Waals surface area contributed by atoms with E-state index < -0.39 is 0 Å². The molecule has 0 aromatic rings. The normalized spacial score (nSPS) is 15.0. The molecule has 2 heteroatoms. The maximum absolute atomic E-state index is 8.46. The summed E-state index contributed by atoms with van der Waals surface area (Å²) in [5.41, 5.74) is 0. The van der Waals surface area contributed by atoms with Gasteiger partial charge in [-0.2, -0.15) is 0 Å². The number of aliphatic hydroxyl groups is 1. The molecule has 1 unspecified atom stereocenters. The fraction of sp³-hybridized carbons (Fsp3) is 1.00. The van der Waals surface area contributed by atoms with Crippen molar-refractivity contribution in [1.29, 1.82) is 0 Å². The number of hydrogen-bond donors (Lipinski definition) is 1. The van der Waals surface area contributed by atoms with Crippen LogP contribution in [0.1, 0.15) is 6.92 Å². The zero-order valence-corrected chi connectivity index (χ0v) is 5.18. The molecule has 0 aromatic heterocycles. The molecule has 0 spiro atoms. The average molecular weight is 103 g/mol. The Morgan fingerprint density at radius 1 is 1.57 bits per heavy atom. The minimum atomic E-state index is 0.243. The van der Waals surface area contributed by atoms with Crippen molar-refractivity contribution in [1.82, 2.24) is 4.90 Å². The summed E-state index contributed by atoms with van der Waals surface area (Å²) in [6, 6.07) is 0.292. The first kappa shape index (κ1) is 6.92. The summed E-state index contributed by atoms with van der Waals surface area (Å²) < 4.78 is 0. The van der Waals surface area contributed by atoms with Gasteiger partial charge in [0.2, 0.25) is 0 Å².